The molecule has 2 unspecified atom stereocenters. The summed E-state index contributed by atoms with van der Waals surface area (Å²) >= 11 is 0. The molecule has 0 saturated carbocycles. The van der Waals surface area contributed by atoms with Gasteiger partial charge in [-0.2, -0.15) is 0 Å². The van der Waals surface area contributed by atoms with E-state index in [1.165, 1.54) is 19.3 Å². The maximum atomic E-state index is 11.5. The Morgan fingerprint density at radius 3 is 2.55 bits per heavy atom. The highest BCUT2D eigenvalue weighted by molar-refractivity contribution is 7.86. The van der Waals surface area contributed by atoms with Gasteiger partial charge in [0.25, 0.3) is 0 Å². The predicted molar refractivity (Wildman–Crippen MR) is 50.1 cm³/mol. The molecule has 11 heavy (non-hydrogen) atoms. The van der Waals surface area contributed by atoms with Gasteiger partial charge in [0.15, 0.2) is 0 Å². The van der Waals surface area contributed by atoms with Gasteiger partial charge >= 0.3 is 0 Å². The smallest absolute Gasteiger partial charge is 0.0431 e. The first-order chi connectivity index (χ1) is 5.09. The summed E-state index contributed by atoms with van der Waals surface area (Å²) in [4.78, 5) is 0. The molecule has 1 nitrogen and oxygen atoms in total. The highest BCUT2D eigenvalue weighted by Crippen LogP contribution is 2.37. The van der Waals surface area contributed by atoms with E-state index < -0.39 is 10.8 Å². The van der Waals surface area contributed by atoms with Crippen molar-refractivity contribution in [2.24, 2.45) is 5.92 Å². The Labute approximate surface area is 72.0 Å². The van der Waals surface area contributed by atoms with Crippen LogP contribution in [-0.2, 0) is 10.8 Å². The summed E-state index contributed by atoms with van der Waals surface area (Å²) in [6.45, 7) is 6.50. The zero-order valence-corrected chi connectivity index (χ0v) is 8.54. The average molecular weight is 174 g/mol. The monoisotopic (exact) mass is 174 g/mol. The van der Waals surface area contributed by atoms with E-state index in [2.05, 4.69) is 20.8 Å². The summed E-state index contributed by atoms with van der Waals surface area (Å²) < 4.78 is 11.6. The van der Waals surface area contributed by atoms with Gasteiger partial charge in [0.2, 0.25) is 0 Å². The van der Waals surface area contributed by atoms with Crippen molar-refractivity contribution in [1.82, 2.24) is 0 Å². The Bertz CT molecular complexity index is 163. The third kappa shape index (κ3) is 1.66. The molecule has 0 aliphatic carbocycles. The molecule has 1 rings (SSSR count). The van der Waals surface area contributed by atoms with Crippen LogP contribution in [-0.4, -0.2) is 14.7 Å². The van der Waals surface area contributed by atoms with Crippen molar-refractivity contribution >= 4 is 10.8 Å². The zero-order valence-electron chi connectivity index (χ0n) is 7.72. The van der Waals surface area contributed by atoms with Gasteiger partial charge < -0.3 is 0 Å². The normalized spacial score (nSPS) is 35.9. The molecule has 0 bridgehead atoms. The Morgan fingerprint density at radius 1 is 1.55 bits per heavy atom. The average Bonchev–Trinajstić information content (AvgIpc) is 2.16. The molecular weight excluding hydrogens is 156 g/mol. The molecule has 1 aliphatic heterocycles. The molecule has 2 atom stereocenters. The molecule has 0 aromatic carbocycles. The van der Waals surface area contributed by atoms with Crippen molar-refractivity contribution in [3.63, 3.8) is 0 Å². The van der Waals surface area contributed by atoms with Gasteiger partial charge in [0.05, 0.1) is 0 Å². The molecule has 0 radical (unpaired) electrons. The molecular formula is C9H18OS. The maximum Gasteiger partial charge on any atom is 0.0431 e. The molecule has 0 aromatic heterocycles. The first-order valence-electron chi connectivity index (χ1n) is 4.47. The van der Waals surface area contributed by atoms with Crippen LogP contribution < -0.4 is 0 Å². The Hall–Kier alpha value is 0.150. The SMILES string of the molecule is CCCC1CCS(=O)C1(C)C. The van der Waals surface area contributed by atoms with Crippen LogP contribution in [0, 0.1) is 5.92 Å². The fourth-order valence-electron chi connectivity index (χ4n) is 1.89. The van der Waals surface area contributed by atoms with Crippen molar-refractivity contribution in [1.29, 1.82) is 0 Å². The minimum Gasteiger partial charge on any atom is -0.259 e. The van der Waals surface area contributed by atoms with E-state index >= 15 is 0 Å². The van der Waals surface area contributed by atoms with Crippen LogP contribution in [0.25, 0.3) is 0 Å². The minimum atomic E-state index is -0.565. The summed E-state index contributed by atoms with van der Waals surface area (Å²) in [7, 11) is -0.565. The molecule has 0 amide bonds. The van der Waals surface area contributed by atoms with E-state index in [9.17, 15) is 4.21 Å². The number of hydrogen-bond acceptors (Lipinski definition) is 1. The zero-order chi connectivity index (χ0) is 8.48. The molecule has 66 valence electrons. The summed E-state index contributed by atoms with van der Waals surface area (Å²) in [5.41, 5.74) is 0. The van der Waals surface area contributed by atoms with Gasteiger partial charge in [0, 0.05) is 21.3 Å². The van der Waals surface area contributed by atoms with Gasteiger partial charge in [-0.15, -0.1) is 0 Å². The highest BCUT2D eigenvalue weighted by Gasteiger charge is 2.39. The van der Waals surface area contributed by atoms with Gasteiger partial charge in [-0.25, -0.2) is 0 Å². The Morgan fingerprint density at radius 2 is 2.18 bits per heavy atom. The molecule has 0 aromatic rings. The van der Waals surface area contributed by atoms with E-state index in [-0.39, 0.29) is 4.75 Å². The standard InChI is InChI=1S/C9H18OS/c1-4-5-8-6-7-11(10)9(8,2)3/h8H,4-7H2,1-3H3. The van der Waals surface area contributed by atoms with Crippen LogP contribution in [0.15, 0.2) is 0 Å². The lowest BCUT2D eigenvalue weighted by atomic mass is 9.89. The third-order valence-electron chi connectivity index (χ3n) is 2.86. The van der Waals surface area contributed by atoms with Crippen LogP contribution >= 0.6 is 0 Å². The second-order valence-electron chi connectivity index (χ2n) is 3.93. The lowest BCUT2D eigenvalue weighted by Crippen LogP contribution is -2.29. The summed E-state index contributed by atoms with van der Waals surface area (Å²) in [5, 5.41) is 0. The lowest BCUT2D eigenvalue weighted by Gasteiger charge is -2.24. The van der Waals surface area contributed by atoms with Crippen LogP contribution in [0.4, 0.5) is 0 Å². The van der Waals surface area contributed by atoms with E-state index in [4.69, 9.17) is 0 Å². The van der Waals surface area contributed by atoms with E-state index in [0.717, 1.165) is 5.75 Å². The fraction of sp³-hybridized carbons (Fsp3) is 1.00. The largest absolute Gasteiger partial charge is 0.259 e. The van der Waals surface area contributed by atoms with Crippen molar-refractivity contribution in [2.45, 2.75) is 44.8 Å². The second kappa shape index (κ2) is 3.26. The van der Waals surface area contributed by atoms with Crippen LogP contribution in [0.1, 0.15) is 40.0 Å². The quantitative estimate of drug-likeness (QED) is 0.628. The van der Waals surface area contributed by atoms with Gasteiger partial charge in [-0.05, 0) is 32.6 Å². The topological polar surface area (TPSA) is 17.1 Å². The molecule has 1 heterocycles. The summed E-state index contributed by atoms with van der Waals surface area (Å²) in [5.74, 6) is 1.63. The summed E-state index contributed by atoms with van der Waals surface area (Å²) in [6, 6.07) is 0. The van der Waals surface area contributed by atoms with Crippen molar-refractivity contribution in [3.8, 4) is 0 Å². The van der Waals surface area contributed by atoms with Crippen LogP contribution in [0.5, 0.6) is 0 Å². The molecule has 1 aliphatic rings. The number of rotatable bonds is 2. The lowest BCUT2D eigenvalue weighted by molar-refractivity contribution is 0.398. The van der Waals surface area contributed by atoms with Crippen molar-refractivity contribution in [3.05, 3.63) is 0 Å². The van der Waals surface area contributed by atoms with E-state index in [0.29, 0.717) is 5.92 Å². The minimum absolute atomic E-state index is 0.0933. The van der Waals surface area contributed by atoms with Crippen LogP contribution in [0.2, 0.25) is 0 Å². The Balaban J connectivity index is 2.62. The van der Waals surface area contributed by atoms with Gasteiger partial charge in [-0.1, -0.05) is 13.3 Å². The predicted octanol–water partition coefficient (Wildman–Crippen LogP) is 2.33. The van der Waals surface area contributed by atoms with Crippen LogP contribution in [0.3, 0.4) is 0 Å². The molecule has 2 heteroatoms. The first-order valence-corrected chi connectivity index (χ1v) is 5.79. The molecule has 1 saturated heterocycles. The van der Waals surface area contributed by atoms with E-state index in [1.54, 1.807) is 0 Å². The molecule has 0 spiro atoms. The Kier molecular flexibility index (Phi) is 2.74. The van der Waals surface area contributed by atoms with Crippen molar-refractivity contribution < 1.29 is 4.21 Å². The third-order valence-corrected chi connectivity index (χ3v) is 4.97. The van der Waals surface area contributed by atoms with Crippen molar-refractivity contribution in [2.75, 3.05) is 5.75 Å². The molecule has 0 N–H and O–H groups in total. The highest BCUT2D eigenvalue weighted by atomic mass is 32.2. The first kappa shape index (κ1) is 9.24. The maximum absolute atomic E-state index is 11.5. The number of hydrogen-bond donors (Lipinski definition) is 0. The fourth-order valence-corrected chi connectivity index (χ4v) is 3.52. The summed E-state index contributed by atoms with van der Waals surface area (Å²) in [6.07, 6.45) is 3.65. The molecule has 1 fully saturated rings. The van der Waals surface area contributed by atoms with Gasteiger partial charge in [-0.3, -0.25) is 4.21 Å². The van der Waals surface area contributed by atoms with E-state index in [1.807, 2.05) is 0 Å². The second-order valence-corrected chi connectivity index (χ2v) is 6.08. The van der Waals surface area contributed by atoms with Gasteiger partial charge in [0.1, 0.15) is 0 Å².